The van der Waals surface area contributed by atoms with Crippen LogP contribution in [-0.2, 0) is 0 Å². The highest BCUT2D eigenvalue weighted by molar-refractivity contribution is 7.17. The largest absolute Gasteiger partial charge is 0.483 e. The molecule has 0 bridgehead atoms. The lowest BCUT2D eigenvalue weighted by Gasteiger charge is -2.07. The van der Waals surface area contributed by atoms with Crippen LogP contribution in [0.25, 0.3) is 10.1 Å². The molecule has 1 aromatic heterocycles. The van der Waals surface area contributed by atoms with Crippen LogP contribution in [0.15, 0.2) is 29.6 Å². The van der Waals surface area contributed by atoms with E-state index < -0.39 is 12.8 Å². The smallest absolute Gasteiger partial charge is 0.422 e. The van der Waals surface area contributed by atoms with Crippen molar-refractivity contribution in [2.45, 2.75) is 6.18 Å². The first-order chi connectivity index (χ1) is 7.06. The average Bonchev–Trinajstić information content (AvgIpc) is 2.57. The van der Waals surface area contributed by atoms with Crippen molar-refractivity contribution >= 4 is 21.4 Å². The first kappa shape index (κ1) is 10.3. The molecule has 80 valence electrons. The topological polar surface area (TPSA) is 9.23 Å². The fourth-order valence-electron chi connectivity index (χ4n) is 1.22. The first-order valence-electron chi connectivity index (χ1n) is 4.22. The summed E-state index contributed by atoms with van der Waals surface area (Å²) in [5, 5.41) is 2.32. The molecule has 1 heterocycles. The van der Waals surface area contributed by atoms with Gasteiger partial charge in [-0.15, -0.1) is 11.3 Å². The monoisotopic (exact) mass is 232 g/mol. The van der Waals surface area contributed by atoms with Crippen LogP contribution < -0.4 is 4.74 Å². The molecular formula is C10H7F3OS. The van der Waals surface area contributed by atoms with Gasteiger partial charge in [-0.3, -0.25) is 0 Å². The van der Waals surface area contributed by atoms with E-state index in [1.165, 1.54) is 11.3 Å². The molecule has 0 spiro atoms. The predicted octanol–water partition coefficient (Wildman–Crippen LogP) is 3.84. The summed E-state index contributed by atoms with van der Waals surface area (Å²) in [6.45, 7) is -1.24. The zero-order valence-electron chi connectivity index (χ0n) is 7.54. The van der Waals surface area contributed by atoms with E-state index in [0.29, 0.717) is 5.75 Å². The molecule has 5 heteroatoms. The van der Waals surface area contributed by atoms with E-state index in [9.17, 15) is 13.2 Å². The van der Waals surface area contributed by atoms with E-state index in [1.807, 2.05) is 12.1 Å². The van der Waals surface area contributed by atoms with Crippen molar-refractivity contribution in [2.75, 3.05) is 6.61 Å². The molecule has 0 N–H and O–H groups in total. The highest BCUT2D eigenvalue weighted by Gasteiger charge is 2.28. The van der Waals surface area contributed by atoms with Gasteiger partial charge < -0.3 is 4.74 Å². The third-order valence-electron chi connectivity index (χ3n) is 1.84. The maximum absolute atomic E-state index is 11.9. The third-order valence-corrected chi connectivity index (χ3v) is 2.78. The molecule has 2 rings (SSSR count). The summed E-state index contributed by atoms with van der Waals surface area (Å²) >= 11 is 1.37. The van der Waals surface area contributed by atoms with Crippen LogP contribution in [0.4, 0.5) is 13.2 Å². The van der Waals surface area contributed by atoms with Gasteiger partial charge in [-0.2, -0.15) is 13.2 Å². The molecule has 2 aromatic rings. The molecule has 0 atom stereocenters. The van der Waals surface area contributed by atoms with Crippen LogP contribution >= 0.6 is 11.3 Å². The molecule has 0 fully saturated rings. The lowest BCUT2D eigenvalue weighted by Crippen LogP contribution is -2.19. The van der Waals surface area contributed by atoms with Gasteiger partial charge in [0.25, 0.3) is 0 Å². The van der Waals surface area contributed by atoms with E-state index >= 15 is 0 Å². The second-order valence-corrected chi connectivity index (χ2v) is 3.91. The van der Waals surface area contributed by atoms with Crippen LogP contribution in [0.3, 0.4) is 0 Å². The first-order valence-corrected chi connectivity index (χ1v) is 5.10. The van der Waals surface area contributed by atoms with Gasteiger partial charge in [-0.1, -0.05) is 12.1 Å². The molecule has 0 amide bonds. The van der Waals surface area contributed by atoms with Crippen molar-refractivity contribution in [1.29, 1.82) is 0 Å². The van der Waals surface area contributed by atoms with E-state index in [2.05, 4.69) is 0 Å². The minimum Gasteiger partial charge on any atom is -0.483 e. The minimum atomic E-state index is -4.29. The van der Waals surface area contributed by atoms with E-state index in [-0.39, 0.29) is 0 Å². The number of thiophene rings is 1. The van der Waals surface area contributed by atoms with Crippen LogP contribution in [0.1, 0.15) is 0 Å². The second kappa shape index (κ2) is 3.73. The highest BCUT2D eigenvalue weighted by Crippen LogP contribution is 2.32. The Bertz CT molecular complexity index is 461. The molecule has 1 aromatic carbocycles. The number of benzene rings is 1. The lowest BCUT2D eigenvalue weighted by atomic mass is 10.2. The summed E-state index contributed by atoms with van der Waals surface area (Å²) in [6, 6.07) is 7.21. The highest BCUT2D eigenvalue weighted by atomic mass is 32.1. The Labute approximate surface area is 88.1 Å². The molecule has 0 saturated carbocycles. The minimum absolute atomic E-state index is 0.299. The number of fused-ring (bicyclic) bond motifs is 1. The Morgan fingerprint density at radius 1 is 1.20 bits per heavy atom. The van der Waals surface area contributed by atoms with Gasteiger partial charge in [0.1, 0.15) is 5.75 Å². The Morgan fingerprint density at radius 2 is 1.93 bits per heavy atom. The standard InChI is InChI=1S/C10H7F3OS/c11-10(12,13)6-14-8-5-15-9-4-2-1-3-7(8)9/h1-5H,6H2. The van der Waals surface area contributed by atoms with Gasteiger partial charge in [-0.25, -0.2) is 0 Å². The number of rotatable bonds is 2. The normalized spacial score (nSPS) is 11.9. The van der Waals surface area contributed by atoms with Crippen molar-refractivity contribution in [1.82, 2.24) is 0 Å². The number of halogens is 3. The molecular weight excluding hydrogens is 225 g/mol. The average molecular weight is 232 g/mol. The molecule has 0 aliphatic rings. The van der Waals surface area contributed by atoms with Crippen molar-refractivity contribution in [3.63, 3.8) is 0 Å². The second-order valence-electron chi connectivity index (χ2n) is 3.00. The van der Waals surface area contributed by atoms with E-state index in [1.54, 1.807) is 17.5 Å². The summed E-state index contributed by atoms with van der Waals surface area (Å²) in [6.07, 6.45) is -4.29. The number of hydrogen-bond acceptors (Lipinski definition) is 2. The summed E-state index contributed by atoms with van der Waals surface area (Å²) in [5.74, 6) is 0.299. The SMILES string of the molecule is FC(F)(F)COc1csc2ccccc12. The zero-order chi connectivity index (χ0) is 10.9. The quantitative estimate of drug-likeness (QED) is 0.764. The Kier molecular flexibility index (Phi) is 2.56. The van der Waals surface area contributed by atoms with Crippen molar-refractivity contribution in [3.05, 3.63) is 29.6 Å². The predicted molar refractivity (Wildman–Crippen MR) is 53.4 cm³/mol. The van der Waals surface area contributed by atoms with Crippen molar-refractivity contribution < 1.29 is 17.9 Å². The van der Waals surface area contributed by atoms with Gasteiger partial charge in [0.2, 0.25) is 0 Å². The fraction of sp³-hybridized carbons (Fsp3) is 0.200. The van der Waals surface area contributed by atoms with Crippen molar-refractivity contribution in [3.8, 4) is 5.75 Å². The summed E-state index contributed by atoms with van der Waals surface area (Å²) in [5.41, 5.74) is 0. The van der Waals surface area contributed by atoms with E-state index in [4.69, 9.17) is 4.74 Å². The lowest BCUT2D eigenvalue weighted by molar-refractivity contribution is -0.153. The van der Waals surface area contributed by atoms with Gasteiger partial charge in [0.15, 0.2) is 6.61 Å². The van der Waals surface area contributed by atoms with Gasteiger partial charge >= 0.3 is 6.18 Å². The molecule has 0 aliphatic heterocycles. The summed E-state index contributed by atoms with van der Waals surface area (Å²) in [4.78, 5) is 0. The number of alkyl halides is 3. The third kappa shape index (κ3) is 2.41. The summed E-state index contributed by atoms with van der Waals surface area (Å²) in [7, 11) is 0. The molecule has 0 unspecified atom stereocenters. The fourth-order valence-corrected chi connectivity index (χ4v) is 2.11. The Balaban J connectivity index is 2.22. The van der Waals surface area contributed by atoms with Crippen LogP contribution in [0.2, 0.25) is 0 Å². The Hall–Kier alpha value is -1.23. The van der Waals surface area contributed by atoms with E-state index in [0.717, 1.165) is 10.1 Å². The van der Waals surface area contributed by atoms with Crippen LogP contribution in [-0.4, -0.2) is 12.8 Å². The molecule has 15 heavy (non-hydrogen) atoms. The molecule has 0 saturated heterocycles. The van der Waals surface area contributed by atoms with Crippen molar-refractivity contribution in [2.24, 2.45) is 0 Å². The van der Waals surface area contributed by atoms with Gasteiger partial charge in [0.05, 0.1) is 0 Å². The maximum Gasteiger partial charge on any atom is 0.422 e. The molecule has 0 aliphatic carbocycles. The summed E-state index contributed by atoms with van der Waals surface area (Å²) < 4.78 is 41.4. The van der Waals surface area contributed by atoms with Crippen LogP contribution in [0.5, 0.6) is 5.75 Å². The van der Waals surface area contributed by atoms with Crippen LogP contribution in [0, 0.1) is 0 Å². The number of ether oxygens (including phenoxy) is 1. The number of hydrogen-bond donors (Lipinski definition) is 0. The zero-order valence-corrected chi connectivity index (χ0v) is 8.36. The maximum atomic E-state index is 11.9. The van der Waals surface area contributed by atoms with Gasteiger partial charge in [0, 0.05) is 15.5 Å². The Morgan fingerprint density at radius 3 is 2.67 bits per heavy atom. The van der Waals surface area contributed by atoms with Gasteiger partial charge in [-0.05, 0) is 12.1 Å². The molecule has 1 nitrogen and oxygen atoms in total. The molecule has 0 radical (unpaired) electrons.